The van der Waals surface area contributed by atoms with Crippen molar-refractivity contribution in [3.8, 4) is 5.75 Å². The van der Waals surface area contributed by atoms with Gasteiger partial charge in [0.05, 0.1) is 30.4 Å². The second-order valence-corrected chi connectivity index (χ2v) is 7.68. The van der Waals surface area contributed by atoms with Crippen LogP contribution in [0.2, 0.25) is 0 Å². The van der Waals surface area contributed by atoms with Crippen LogP contribution in [0.15, 0.2) is 47.5 Å². The van der Waals surface area contributed by atoms with Crippen molar-refractivity contribution in [1.29, 1.82) is 5.41 Å². The van der Waals surface area contributed by atoms with Crippen LogP contribution in [0.5, 0.6) is 5.75 Å². The molecule has 0 radical (unpaired) electrons. The van der Waals surface area contributed by atoms with Gasteiger partial charge >= 0.3 is 0 Å². The molecule has 0 bridgehead atoms. The van der Waals surface area contributed by atoms with E-state index in [-0.39, 0.29) is 51.7 Å². The monoisotopic (exact) mass is 479 g/mol. The molecule has 2 aromatic carbocycles. The Bertz CT molecular complexity index is 1490. The Morgan fingerprint density at radius 2 is 2.00 bits per heavy atom. The molecule has 0 saturated carbocycles. The average molecular weight is 479 g/mol. The maximum atomic E-state index is 14.3. The SMILES string of the molecule is CCCn1c(CNc2ncnc(N)c2C(=N)c2ccc(OC)c(F)c2)nc2cccc(F)c2c1=O. The number of aromatic nitrogens is 4. The van der Waals surface area contributed by atoms with Gasteiger partial charge in [-0.1, -0.05) is 13.0 Å². The zero-order valence-corrected chi connectivity index (χ0v) is 19.1. The Balaban J connectivity index is 1.72. The fourth-order valence-electron chi connectivity index (χ4n) is 3.77. The summed E-state index contributed by atoms with van der Waals surface area (Å²) in [7, 11) is 1.35. The van der Waals surface area contributed by atoms with E-state index >= 15 is 0 Å². The molecule has 0 aliphatic heterocycles. The number of nitrogen functional groups attached to an aromatic ring is 1. The Labute approximate surface area is 199 Å². The number of anilines is 2. The van der Waals surface area contributed by atoms with Gasteiger partial charge in [0.15, 0.2) is 11.6 Å². The van der Waals surface area contributed by atoms with Crippen LogP contribution in [0.1, 0.15) is 30.3 Å². The molecule has 4 aromatic rings. The minimum Gasteiger partial charge on any atom is -0.494 e. The number of hydrogen-bond acceptors (Lipinski definition) is 8. The van der Waals surface area contributed by atoms with Gasteiger partial charge in [0.2, 0.25) is 0 Å². The molecule has 0 amide bonds. The number of fused-ring (bicyclic) bond motifs is 1. The minimum atomic E-state index is -0.629. The van der Waals surface area contributed by atoms with Crippen molar-refractivity contribution in [2.24, 2.45) is 0 Å². The number of nitrogens with one attached hydrogen (secondary N) is 2. The van der Waals surface area contributed by atoms with Crippen molar-refractivity contribution >= 4 is 28.3 Å². The standard InChI is InChI=1S/C24H23F2N7O2/c1-3-9-33-18(32-16-6-4-5-14(25)19(16)24(33)34)11-29-23-20(22(28)30-12-31-23)21(27)13-7-8-17(35-2)15(26)10-13/h4-8,10,12,27H,3,9,11H2,1-2H3,(H3,28,29,30,31). The van der Waals surface area contributed by atoms with Gasteiger partial charge in [-0.2, -0.15) is 0 Å². The summed E-state index contributed by atoms with van der Waals surface area (Å²) in [6, 6.07) is 8.39. The van der Waals surface area contributed by atoms with Crippen LogP contribution in [0.3, 0.4) is 0 Å². The summed E-state index contributed by atoms with van der Waals surface area (Å²) in [5.41, 5.74) is 6.12. The van der Waals surface area contributed by atoms with E-state index in [1.54, 1.807) is 6.07 Å². The molecule has 4 N–H and O–H groups in total. The highest BCUT2D eigenvalue weighted by molar-refractivity contribution is 6.16. The number of nitrogens with zero attached hydrogens (tertiary/aromatic N) is 4. The molecule has 11 heteroatoms. The molecule has 0 spiro atoms. The lowest BCUT2D eigenvalue weighted by molar-refractivity contribution is 0.386. The molecular formula is C24H23F2N7O2. The van der Waals surface area contributed by atoms with Crippen LogP contribution in [-0.4, -0.2) is 32.3 Å². The Morgan fingerprint density at radius 3 is 2.71 bits per heavy atom. The van der Waals surface area contributed by atoms with E-state index in [4.69, 9.17) is 15.9 Å². The maximum absolute atomic E-state index is 14.3. The second kappa shape index (κ2) is 9.84. The quantitative estimate of drug-likeness (QED) is 0.330. The molecule has 0 saturated heterocycles. The first-order valence-corrected chi connectivity index (χ1v) is 10.8. The van der Waals surface area contributed by atoms with Gasteiger partial charge < -0.3 is 15.8 Å². The third kappa shape index (κ3) is 4.52. The lowest BCUT2D eigenvalue weighted by Gasteiger charge is -2.16. The summed E-state index contributed by atoms with van der Waals surface area (Å²) >= 11 is 0. The molecular weight excluding hydrogens is 456 g/mol. The Morgan fingerprint density at radius 1 is 1.20 bits per heavy atom. The highest BCUT2D eigenvalue weighted by Gasteiger charge is 2.19. The largest absolute Gasteiger partial charge is 0.494 e. The number of nitrogens with two attached hydrogens (primary N) is 1. The van der Waals surface area contributed by atoms with Crippen LogP contribution in [0.25, 0.3) is 10.9 Å². The smallest absolute Gasteiger partial charge is 0.264 e. The lowest BCUT2D eigenvalue weighted by Crippen LogP contribution is -2.27. The number of hydrogen-bond donors (Lipinski definition) is 3. The summed E-state index contributed by atoms with van der Waals surface area (Å²) in [6.45, 7) is 2.27. The first-order valence-electron chi connectivity index (χ1n) is 10.8. The van der Waals surface area contributed by atoms with Gasteiger partial charge in [0.1, 0.15) is 35.0 Å². The van der Waals surface area contributed by atoms with Crippen LogP contribution < -0.4 is 21.3 Å². The summed E-state index contributed by atoms with van der Waals surface area (Å²) in [4.78, 5) is 25.6. The molecule has 0 unspecified atom stereocenters. The molecule has 0 fully saturated rings. The van der Waals surface area contributed by atoms with E-state index in [9.17, 15) is 13.6 Å². The normalized spacial score (nSPS) is 11.0. The molecule has 0 aliphatic carbocycles. The van der Waals surface area contributed by atoms with Crippen LogP contribution in [-0.2, 0) is 13.1 Å². The van der Waals surface area contributed by atoms with E-state index in [2.05, 4.69) is 20.3 Å². The highest BCUT2D eigenvalue weighted by Crippen LogP contribution is 2.25. The van der Waals surface area contributed by atoms with E-state index in [1.807, 2.05) is 6.92 Å². The van der Waals surface area contributed by atoms with Crippen molar-refractivity contribution in [1.82, 2.24) is 19.5 Å². The highest BCUT2D eigenvalue weighted by atomic mass is 19.1. The third-order valence-electron chi connectivity index (χ3n) is 5.44. The molecule has 4 rings (SSSR count). The number of methoxy groups -OCH3 is 1. The third-order valence-corrected chi connectivity index (χ3v) is 5.44. The topological polar surface area (TPSA) is 132 Å². The first kappa shape index (κ1) is 23.7. The molecule has 2 aromatic heterocycles. The summed E-state index contributed by atoms with van der Waals surface area (Å²) < 4.78 is 34.9. The molecule has 2 heterocycles. The van der Waals surface area contributed by atoms with Crippen molar-refractivity contribution in [2.75, 3.05) is 18.2 Å². The molecule has 0 aliphatic rings. The van der Waals surface area contributed by atoms with Gasteiger partial charge in [0.25, 0.3) is 5.56 Å². The van der Waals surface area contributed by atoms with Crippen molar-refractivity contribution < 1.29 is 13.5 Å². The molecule has 180 valence electrons. The van der Waals surface area contributed by atoms with E-state index in [0.717, 1.165) is 6.07 Å². The predicted molar refractivity (Wildman–Crippen MR) is 129 cm³/mol. The minimum absolute atomic E-state index is 0.0169. The first-order chi connectivity index (χ1) is 16.8. The van der Waals surface area contributed by atoms with Crippen molar-refractivity contribution in [3.05, 3.63) is 81.7 Å². The van der Waals surface area contributed by atoms with Gasteiger partial charge in [-0.25, -0.2) is 23.7 Å². The van der Waals surface area contributed by atoms with Crippen molar-refractivity contribution in [2.45, 2.75) is 26.4 Å². The van der Waals surface area contributed by atoms with Gasteiger partial charge in [-0.3, -0.25) is 14.8 Å². The summed E-state index contributed by atoms with van der Waals surface area (Å²) in [5.74, 6) is -0.630. The second-order valence-electron chi connectivity index (χ2n) is 7.68. The predicted octanol–water partition coefficient (Wildman–Crippen LogP) is 3.49. The van der Waals surface area contributed by atoms with Gasteiger partial charge in [-0.15, -0.1) is 0 Å². The number of ether oxygens (including phenoxy) is 1. The van der Waals surface area contributed by atoms with Crippen molar-refractivity contribution in [3.63, 3.8) is 0 Å². The van der Waals surface area contributed by atoms with Crippen LogP contribution >= 0.6 is 0 Å². The van der Waals surface area contributed by atoms with Crippen LogP contribution in [0.4, 0.5) is 20.4 Å². The zero-order chi connectivity index (χ0) is 25.1. The van der Waals surface area contributed by atoms with Crippen LogP contribution in [0, 0.1) is 17.0 Å². The summed E-state index contributed by atoms with van der Waals surface area (Å²) in [6.07, 6.45) is 1.86. The Kier molecular flexibility index (Phi) is 6.67. The maximum Gasteiger partial charge on any atom is 0.264 e. The fraction of sp³-hybridized carbons (Fsp3) is 0.208. The van der Waals surface area contributed by atoms with Gasteiger partial charge in [0, 0.05) is 12.1 Å². The summed E-state index contributed by atoms with van der Waals surface area (Å²) in [5, 5.41) is 11.6. The van der Waals surface area contributed by atoms with Gasteiger partial charge in [-0.05, 0) is 36.8 Å². The Hall–Kier alpha value is -4.41. The molecule has 0 atom stereocenters. The fourth-order valence-corrected chi connectivity index (χ4v) is 3.77. The zero-order valence-electron chi connectivity index (χ0n) is 19.1. The number of benzene rings is 2. The van der Waals surface area contributed by atoms with E-state index < -0.39 is 17.2 Å². The van der Waals surface area contributed by atoms with E-state index in [1.165, 1.54) is 42.3 Å². The molecule has 9 nitrogen and oxygen atoms in total. The lowest BCUT2D eigenvalue weighted by atomic mass is 10.0. The molecule has 35 heavy (non-hydrogen) atoms. The van der Waals surface area contributed by atoms with E-state index in [0.29, 0.717) is 18.8 Å². The average Bonchev–Trinajstić information content (AvgIpc) is 2.84. The number of halogens is 2. The number of rotatable bonds is 8.